The summed E-state index contributed by atoms with van der Waals surface area (Å²) in [4.78, 5) is 11.9. The van der Waals surface area contributed by atoms with Crippen LogP contribution in [0.5, 0.6) is 0 Å². The van der Waals surface area contributed by atoms with Crippen molar-refractivity contribution in [3.05, 3.63) is 36.4 Å². The molecule has 0 spiro atoms. The van der Waals surface area contributed by atoms with E-state index >= 15 is 0 Å². The fourth-order valence-corrected chi connectivity index (χ4v) is 2.56. The molecule has 0 radical (unpaired) electrons. The Morgan fingerprint density at radius 1 is 1.19 bits per heavy atom. The number of hydrogen-bond acceptors (Lipinski definition) is 6. The molecule has 0 fully saturated rings. The maximum atomic E-state index is 12.2. The van der Waals surface area contributed by atoms with Crippen molar-refractivity contribution in [1.82, 2.24) is 15.0 Å². The summed E-state index contributed by atoms with van der Waals surface area (Å²) < 4.78 is 27.0. The average molecular weight is 307 g/mol. The maximum absolute atomic E-state index is 12.2. The Morgan fingerprint density at radius 2 is 1.90 bits per heavy atom. The molecule has 0 aromatic carbocycles. The van der Waals surface area contributed by atoms with Gasteiger partial charge < -0.3 is 5.32 Å². The molecule has 0 atom stereocenters. The van der Waals surface area contributed by atoms with Gasteiger partial charge in [-0.1, -0.05) is 6.92 Å². The third-order valence-corrected chi connectivity index (χ3v) is 4.08. The molecule has 0 aliphatic carbocycles. The summed E-state index contributed by atoms with van der Waals surface area (Å²) in [6.07, 6.45) is 6.55. The topological polar surface area (TPSA) is 96.9 Å². The molecular weight excluding hydrogens is 290 g/mol. The van der Waals surface area contributed by atoms with Gasteiger partial charge in [0.15, 0.2) is 0 Å². The normalized spacial score (nSPS) is 11.1. The molecule has 21 heavy (non-hydrogen) atoms. The standard InChI is InChI=1S/C13H17N5O2S/c1-3-5-15-13-16-7-11(8-17-13)21(19,20)18-12-9-14-6-4-10(12)2/h4,6-9,18H,3,5H2,1-2H3,(H,15,16,17). The Labute approximate surface area is 123 Å². The van der Waals surface area contributed by atoms with Crippen molar-refractivity contribution in [2.45, 2.75) is 25.2 Å². The van der Waals surface area contributed by atoms with Gasteiger partial charge in [-0.2, -0.15) is 0 Å². The molecule has 2 aromatic heterocycles. The molecule has 0 saturated heterocycles. The highest BCUT2D eigenvalue weighted by molar-refractivity contribution is 7.92. The highest BCUT2D eigenvalue weighted by atomic mass is 32.2. The van der Waals surface area contributed by atoms with Crippen LogP contribution in [0.3, 0.4) is 0 Å². The zero-order valence-electron chi connectivity index (χ0n) is 11.9. The van der Waals surface area contributed by atoms with Crippen molar-refractivity contribution in [2.75, 3.05) is 16.6 Å². The quantitative estimate of drug-likeness (QED) is 0.844. The monoisotopic (exact) mass is 307 g/mol. The van der Waals surface area contributed by atoms with Gasteiger partial charge in [0.2, 0.25) is 5.95 Å². The lowest BCUT2D eigenvalue weighted by molar-refractivity contribution is 0.600. The predicted octanol–water partition coefficient (Wildman–Crippen LogP) is 1.80. The van der Waals surface area contributed by atoms with Crippen molar-refractivity contribution < 1.29 is 8.42 Å². The smallest absolute Gasteiger partial charge is 0.265 e. The first-order chi connectivity index (χ1) is 10.0. The van der Waals surface area contributed by atoms with Crippen molar-refractivity contribution in [3.8, 4) is 0 Å². The zero-order valence-corrected chi connectivity index (χ0v) is 12.7. The van der Waals surface area contributed by atoms with Crippen LogP contribution in [-0.4, -0.2) is 29.9 Å². The van der Waals surface area contributed by atoms with E-state index in [1.807, 2.05) is 6.92 Å². The molecule has 112 valence electrons. The minimum absolute atomic E-state index is 0.00722. The van der Waals surface area contributed by atoms with Crippen LogP contribution >= 0.6 is 0 Å². The van der Waals surface area contributed by atoms with Crippen molar-refractivity contribution >= 4 is 21.7 Å². The van der Waals surface area contributed by atoms with Gasteiger partial charge in [-0.15, -0.1) is 0 Å². The van der Waals surface area contributed by atoms with Crippen LogP contribution in [0.25, 0.3) is 0 Å². The van der Waals surface area contributed by atoms with Crippen molar-refractivity contribution in [1.29, 1.82) is 0 Å². The fourth-order valence-electron chi connectivity index (χ4n) is 1.56. The van der Waals surface area contributed by atoms with Crippen LogP contribution in [0.15, 0.2) is 35.7 Å². The Morgan fingerprint density at radius 3 is 2.52 bits per heavy atom. The van der Waals surface area contributed by atoms with E-state index in [-0.39, 0.29) is 4.90 Å². The Bertz CT molecular complexity index is 701. The number of nitrogens with one attached hydrogen (secondary N) is 2. The number of aryl methyl sites for hydroxylation is 1. The van der Waals surface area contributed by atoms with Gasteiger partial charge in [-0.25, -0.2) is 18.4 Å². The summed E-state index contributed by atoms with van der Waals surface area (Å²) in [6, 6.07) is 1.73. The molecular formula is C13H17N5O2S. The zero-order chi connectivity index (χ0) is 15.3. The van der Waals surface area contributed by atoms with Crippen LogP contribution < -0.4 is 10.0 Å². The minimum atomic E-state index is -3.72. The number of rotatable bonds is 6. The second kappa shape index (κ2) is 6.49. The van der Waals surface area contributed by atoms with Crippen LogP contribution in [-0.2, 0) is 10.0 Å². The Hall–Kier alpha value is -2.22. The summed E-state index contributed by atoms with van der Waals surface area (Å²) in [5.41, 5.74) is 1.22. The lowest BCUT2D eigenvalue weighted by Gasteiger charge is -2.09. The molecule has 2 heterocycles. The van der Waals surface area contributed by atoms with E-state index in [1.54, 1.807) is 19.2 Å². The third-order valence-electron chi connectivity index (χ3n) is 2.75. The summed E-state index contributed by atoms with van der Waals surface area (Å²) in [5, 5.41) is 2.98. The molecule has 0 bridgehead atoms. The summed E-state index contributed by atoms with van der Waals surface area (Å²) in [5.74, 6) is 0.411. The lowest BCUT2D eigenvalue weighted by atomic mass is 10.3. The van der Waals surface area contributed by atoms with Crippen molar-refractivity contribution in [2.24, 2.45) is 0 Å². The summed E-state index contributed by atoms with van der Waals surface area (Å²) >= 11 is 0. The van der Waals surface area contributed by atoms with Crippen LogP contribution in [0.1, 0.15) is 18.9 Å². The minimum Gasteiger partial charge on any atom is -0.354 e. The first-order valence-electron chi connectivity index (χ1n) is 6.52. The second-order valence-corrected chi connectivity index (χ2v) is 6.15. The first kappa shape index (κ1) is 15.2. The molecule has 7 nitrogen and oxygen atoms in total. The van der Waals surface area contributed by atoms with E-state index in [2.05, 4.69) is 25.0 Å². The summed E-state index contributed by atoms with van der Waals surface area (Å²) in [6.45, 7) is 4.55. The van der Waals surface area contributed by atoms with Gasteiger partial charge in [0, 0.05) is 12.7 Å². The van der Waals surface area contributed by atoms with Gasteiger partial charge in [-0.3, -0.25) is 9.71 Å². The average Bonchev–Trinajstić information content (AvgIpc) is 2.48. The van der Waals surface area contributed by atoms with Gasteiger partial charge >= 0.3 is 0 Å². The van der Waals surface area contributed by atoms with E-state index in [4.69, 9.17) is 0 Å². The number of anilines is 2. The van der Waals surface area contributed by atoms with Gasteiger partial charge in [0.25, 0.3) is 10.0 Å². The van der Waals surface area contributed by atoms with Crippen molar-refractivity contribution in [3.63, 3.8) is 0 Å². The first-order valence-corrected chi connectivity index (χ1v) is 8.00. The Kier molecular flexibility index (Phi) is 4.69. The predicted molar refractivity (Wildman–Crippen MR) is 80.6 cm³/mol. The van der Waals surface area contributed by atoms with E-state index in [9.17, 15) is 8.42 Å². The molecule has 2 aromatic rings. The van der Waals surface area contributed by atoms with Crippen LogP contribution in [0.2, 0.25) is 0 Å². The second-order valence-electron chi connectivity index (χ2n) is 4.47. The lowest BCUT2D eigenvalue weighted by Crippen LogP contribution is -2.15. The molecule has 2 rings (SSSR count). The molecule has 0 amide bonds. The molecule has 0 unspecified atom stereocenters. The Balaban J connectivity index is 2.18. The highest BCUT2D eigenvalue weighted by Crippen LogP contribution is 2.17. The van der Waals surface area contributed by atoms with E-state index < -0.39 is 10.0 Å². The largest absolute Gasteiger partial charge is 0.354 e. The van der Waals surface area contributed by atoms with E-state index in [0.717, 1.165) is 18.5 Å². The van der Waals surface area contributed by atoms with Crippen LogP contribution in [0.4, 0.5) is 11.6 Å². The number of hydrogen-bond donors (Lipinski definition) is 2. The molecule has 2 N–H and O–H groups in total. The maximum Gasteiger partial charge on any atom is 0.265 e. The molecule has 0 aliphatic rings. The van der Waals surface area contributed by atoms with Gasteiger partial charge in [-0.05, 0) is 25.0 Å². The van der Waals surface area contributed by atoms with Crippen LogP contribution in [0, 0.1) is 6.92 Å². The number of sulfonamides is 1. The molecule has 0 aliphatic heterocycles. The van der Waals surface area contributed by atoms with Gasteiger partial charge in [0.1, 0.15) is 4.90 Å². The summed E-state index contributed by atoms with van der Waals surface area (Å²) in [7, 11) is -3.72. The number of aromatic nitrogens is 3. The van der Waals surface area contributed by atoms with E-state index in [1.165, 1.54) is 18.6 Å². The van der Waals surface area contributed by atoms with E-state index in [0.29, 0.717) is 11.6 Å². The SMILES string of the molecule is CCCNc1ncc(S(=O)(=O)Nc2cnccc2C)cn1. The highest BCUT2D eigenvalue weighted by Gasteiger charge is 2.16. The fraction of sp³-hybridized carbons (Fsp3) is 0.308. The number of nitrogens with zero attached hydrogens (tertiary/aromatic N) is 3. The molecule has 0 saturated carbocycles. The number of pyridine rings is 1. The molecule has 8 heteroatoms. The van der Waals surface area contributed by atoms with Gasteiger partial charge in [0.05, 0.1) is 24.3 Å². The third kappa shape index (κ3) is 3.88.